The topological polar surface area (TPSA) is 181 Å². The molecule has 5 heterocycles. The van der Waals surface area contributed by atoms with Gasteiger partial charge in [-0.3, -0.25) is 19.4 Å². The molecule has 3 saturated heterocycles. The van der Waals surface area contributed by atoms with E-state index in [1.54, 1.807) is 4.90 Å². The molecule has 3 atom stereocenters. The number of carboxylic acids is 1. The number of thioether (sulfide) groups is 1. The zero-order valence-corrected chi connectivity index (χ0v) is 17.9. The molecule has 0 bridgehead atoms. The van der Waals surface area contributed by atoms with Gasteiger partial charge in [0.05, 0.1) is 19.3 Å². The fourth-order valence-electron chi connectivity index (χ4n) is 4.46. The molecule has 1 aromatic heterocycles. The van der Waals surface area contributed by atoms with E-state index in [-0.39, 0.29) is 30.6 Å². The third-order valence-corrected chi connectivity index (χ3v) is 7.00. The molecule has 0 aliphatic carbocycles. The monoisotopic (exact) mass is 481 g/mol. The maximum absolute atomic E-state index is 12.6. The van der Waals surface area contributed by atoms with Crippen LogP contribution in [0.5, 0.6) is 0 Å². The van der Waals surface area contributed by atoms with Crippen LogP contribution in [0.25, 0.3) is 0 Å². The Bertz CT molecular complexity index is 1050. The number of aromatic nitrogens is 4. The van der Waals surface area contributed by atoms with Gasteiger partial charge in [0, 0.05) is 24.4 Å². The van der Waals surface area contributed by atoms with E-state index in [0.717, 1.165) is 21.6 Å². The lowest BCUT2D eigenvalue weighted by atomic mass is 9.89. The number of nitrogens with zero attached hydrogens (tertiary/aromatic N) is 7. The van der Waals surface area contributed by atoms with E-state index in [9.17, 15) is 29.4 Å². The van der Waals surface area contributed by atoms with Crippen molar-refractivity contribution in [3.05, 3.63) is 11.3 Å². The number of ether oxygens (including phenoxy) is 2. The molecule has 33 heavy (non-hydrogen) atoms. The van der Waals surface area contributed by atoms with Crippen molar-refractivity contribution >= 4 is 35.6 Å². The number of β-lactam (4-membered cyclic amide) rings is 1. The van der Waals surface area contributed by atoms with Crippen LogP contribution in [-0.4, -0.2) is 126 Å². The number of carbonyl (C=O) groups excluding carboxylic acids is 2. The fraction of sp³-hybridized carbons (Fsp3) is 0.588. The quantitative estimate of drug-likeness (QED) is 0.334. The summed E-state index contributed by atoms with van der Waals surface area (Å²) in [4.78, 5) is 52.1. The average molecular weight is 481 g/mol. The largest absolute Gasteiger partial charge is 0.477 e. The van der Waals surface area contributed by atoms with E-state index < -0.39 is 36.2 Å². The van der Waals surface area contributed by atoms with Gasteiger partial charge in [-0.2, -0.15) is 0 Å². The maximum Gasteiger partial charge on any atom is 0.409 e. The molecule has 1 unspecified atom stereocenters. The van der Waals surface area contributed by atoms with Crippen LogP contribution in [0.15, 0.2) is 16.4 Å². The summed E-state index contributed by atoms with van der Waals surface area (Å²) in [5, 5.41) is 30.7. The number of amides is 3. The second-order valence-electron chi connectivity index (χ2n) is 7.69. The molecule has 0 radical (unpaired) electrons. The Morgan fingerprint density at radius 3 is 2.64 bits per heavy atom. The maximum atomic E-state index is 12.6. The van der Waals surface area contributed by atoms with Crippen molar-refractivity contribution in [3.63, 3.8) is 0 Å². The average Bonchev–Trinajstić information content (AvgIpc) is 3.38. The molecule has 16 heteroatoms. The minimum atomic E-state index is -1.31. The summed E-state index contributed by atoms with van der Waals surface area (Å²) in [7, 11) is 0. The summed E-state index contributed by atoms with van der Waals surface area (Å²) in [6, 6.07) is -1.70. The standard InChI is InChI=1S/C17H19N7O8S/c25-9(21-1-3-31-4-2-21)5-23-16(18-19-20-23)33-6-8-10(15(27)28)24-11-12(14(24)26)22(17(29)30)7-32-13(8)11/h11-13H,1-7H2,(H,27,28)(H,29,30)/t11-,12-,13?/m0/s1. The Morgan fingerprint density at radius 1 is 1.18 bits per heavy atom. The van der Waals surface area contributed by atoms with Crippen molar-refractivity contribution in [3.8, 4) is 0 Å². The van der Waals surface area contributed by atoms with Crippen molar-refractivity contribution < 1.29 is 38.9 Å². The van der Waals surface area contributed by atoms with Gasteiger partial charge in [0.15, 0.2) is 0 Å². The van der Waals surface area contributed by atoms with E-state index in [2.05, 4.69) is 15.5 Å². The highest BCUT2D eigenvalue weighted by molar-refractivity contribution is 7.99. The van der Waals surface area contributed by atoms with Crippen molar-refractivity contribution in [1.82, 2.24) is 34.9 Å². The van der Waals surface area contributed by atoms with Crippen molar-refractivity contribution in [2.24, 2.45) is 0 Å². The Kier molecular flexibility index (Phi) is 5.41. The molecule has 3 amide bonds. The molecular formula is C17H19N7O8S. The Hall–Kier alpha value is -3.24. The first-order chi connectivity index (χ1) is 15.9. The molecule has 2 N–H and O–H groups in total. The number of carboxylic acid groups (broad SMARTS) is 2. The van der Waals surface area contributed by atoms with Crippen molar-refractivity contribution in [1.29, 1.82) is 0 Å². The molecule has 5 rings (SSSR count). The summed E-state index contributed by atoms with van der Waals surface area (Å²) in [5.41, 5.74) is 0.127. The van der Waals surface area contributed by atoms with Crippen LogP contribution < -0.4 is 0 Å². The van der Waals surface area contributed by atoms with Crippen LogP contribution in [0.3, 0.4) is 0 Å². The second kappa shape index (κ2) is 8.27. The molecule has 15 nitrogen and oxygen atoms in total. The molecule has 1 aromatic rings. The van der Waals surface area contributed by atoms with Crippen molar-refractivity contribution in [2.45, 2.75) is 29.9 Å². The Balaban J connectivity index is 1.32. The lowest BCUT2D eigenvalue weighted by Crippen LogP contribution is -2.75. The first-order valence-corrected chi connectivity index (χ1v) is 11.0. The van der Waals surface area contributed by atoms with Gasteiger partial charge in [0.1, 0.15) is 31.1 Å². The number of morpholine rings is 1. The minimum absolute atomic E-state index is 0.0804. The van der Waals surface area contributed by atoms with E-state index in [1.165, 1.54) is 4.68 Å². The lowest BCUT2D eigenvalue weighted by Gasteiger charge is -2.51. The molecule has 4 aliphatic heterocycles. The summed E-state index contributed by atoms with van der Waals surface area (Å²) < 4.78 is 12.2. The van der Waals surface area contributed by atoms with Gasteiger partial charge in [-0.05, 0) is 10.4 Å². The third kappa shape index (κ3) is 3.50. The van der Waals surface area contributed by atoms with Crippen LogP contribution in [0.4, 0.5) is 4.79 Å². The lowest BCUT2D eigenvalue weighted by molar-refractivity contribution is -0.182. The summed E-state index contributed by atoms with van der Waals surface area (Å²) in [6.07, 6.45) is -2.06. The van der Waals surface area contributed by atoms with Gasteiger partial charge in [-0.15, -0.1) is 5.10 Å². The van der Waals surface area contributed by atoms with Gasteiger partial charge in [-0.25, -0.2) is 14.3 Å². The second-order valence-corrected chi connectivity index (χ2v) is 8.63. The number of hydrogen-bond donors (Lipinski definition) is 2. The third-order valence-electron chi connectivity index (χ3n) is 5.99. The van der Waals surface area contributed by atoms with Gasteiger partial charge < -0.3 is 24.6 Å². The van der Waals surface area contributed by atoms with Crippen LogP contribution in [-0.2, 0) is 30.4 Å². The van der Waals surface area contributed by atoms with E-state index in [1.807, 2.05) is 0 Å². The van der Waals surface area contributed by atoms with Crippen LogP contribution >= 0.6 is 11.8 Å². The number of rotatable bonds is 6. The highest BCUT2D eigenvalue weighted by Crippen LogP contribution is 2.46. The molecule has 0 aromatic carbocycles. The predicted octanol–water partition coefficient (Wildman–Crippen LogP) is -2.11. The number of tetrazole rings is 1. The first-order valence-electron chi connectivity index (χ1n) is 10.0. The Morgan fingerprint density at radius 2 is 1.94 bits per heavy atom. The molecular weight excluding hydrogens is 462 g/mol. The highest BCUT2D eigenvalue weighted by atomic mass is 32.2. The summed E-state index contributed by atoms with van der Waals surface area (Å²) >= 11 is 1.11. The van der Waals surface area contributed by atoms with E-state index in [4.69, 9.17) is 9.47 Å². The van der Waals surface area contributed by atoms with Gasteiger partial charge in [-0.1, -0.05) is 11.8 Å². The molecule has 0 saturated carbocycles. The molecule has 3 fully saturated rings. The number of carbonyl (C=O) groups is 4. The van der Waals surface area contributed by atoms with Gasteiger partial charge in [0.25, 0.3) is 5.91 Å². The predicted molar refractivity (Wildman–Crippen MR) is 105 cm³/mol. The Labute approximate surface area is 189 Å². The van der Waals surface area contributed by atoms with Crippen molar-refractivity contribution in [2.75, 3.05) is 38.8 Å². The minimum Gasteiger partial charge on any atom is -0.477 e. The highest BCUT2D eigenvalue weighted by Gasteiger charge is 2.65. The summed E-state index contributed by atoms with van der Waals surface area (Å²) in [6.45, 7) is 1.48. The van der Waals surface area contributed by atoms with Gasteiger partial charge >= 0.3 is 12.1 Å². The number of aliphatic carboxylic acids is 1. The summed E-state index contributed by atoms with van der Waals surface area (Å²) in [5.74, 6) is -1.98. The number of hydrogen-bond acceptors (Lipinski definition) is 10. The fourth-order valence-corrected chi connectivity index (χ4v) is 5.39. The van der Waals surface area contributed by atoms with Crippen LogP contribution in [0.2, 0.25) is 0 Å². The molecule has 4 aliphatic rings. The molecule has 0 spiro atoms. The first kappa shape index (κ1) is 21.6. The normalized spacial score (nSPS) is 26.4. The van der Waals surface area contributed by atoms with E-state index >= 15 is 0 Å². The zero-order valence-electron chi connectivity index (χ0n) is 17.1. The SMILES string of the molecule is O=C(O)C1=C(CSc2nnnn2CC(=O)N2CCOCC2)C2OCN(C(=O)O)[C@@H]3C(=O)N1[C@H]23. The van der Waals surface area contributed by atoms with Crippen LogP contribution in [0.1, 0.15) is 0 Å². The van der Waals surface area contributed by atoms with E-state index in [0.29, 0.717) is 37.0 Å². The zero-order chi connectivity index (χ0) is 23.3. The smallest absolute Gasteiger partial charge is 0.409 e. The van der Waals surface area contributed by atoms with Gasteiger partial charge in [0.2, 0.25) is 11.1 Å². The van der Waals surface area contributed by atoms with Crippen LogP contribution in [0, 0.1) is 0 Å². The molecule has 176 valence electrons.